The van der Waals surface area contributed by atoms with Crippen LogP contribution >= 0.6 is 0 Å². The number of hydrogen-bond donors (Lipinski definition) is 0. The molecule has 0 N–H and O–H groups in total. The van der Waals surface area contributed by atoms with Crippen LogP contribution in [0.4, 0.5) is 6.01 Å². The lowest BCUT2D eigenvalue weighted by atomic mass is 10.6. The van der Waals surface area contributed by atoms with Crippen LogP contribution in [0.3, 0.4) is 0 Å². The van der Waals surface area contributed by atoms with E-state index >= 15 is 0 Å². The van der Waals surface area contributed by atoms with E-state index in [1.807, 2.05) is 4.90 Å². The van der Waals surface area contributed by atoms with Crippen molar-refractivity contribution < 1.29 is 4.42 Å². The minimum atomic E-state index is 0.626. The first-order valence-electron chi connectivity index (χ1n) is 3.13. The zero-order valence-electron chi connectivity index (χ0n) is 5.40. The quantitative estimate of drug-likeness (QED) is 0.566. The van der Waals surface area contributed by atoms with Crippen molar-refractivity contribution in [3.05, 3.63) is 12.5 Å². The standard InChI is InChI=1S/C6H7N3O/c1-3-9(5-7-1)6-8-2-4-10-6/h2,4-5H,1,3H2. The Hall–Kier alpha value is -1.32. The highest BCUT2D eigenvalue weighted by Gasteiger charge is 2.10. The predicted octanol–water partition coefficient (Wildman–Crippen LogP) is 0.523. The Morgan fingerprint density at radius 1 is 1.60 bits per heavy atom. The Kier molecular flexibility index (Phi) is 1.16. The molecule has 4 heteroatoms. The molecule has 10 heavy (non-hydrogen) atoms. The molecule has 1 aliphatic rings. The summed E-state index contributed by atoms with van der Waals surface area (Å²) >= 11 is 0. The summed E-state index contributed by atoms with van der Waals surface area (Å²) in [5.74, 6) is 0. The molecule has 2 rings (SSSR count). The van der Waals surface area contributed by atoms with Crippen LogP contribution < -0.4 is 4.90 Å². The van der Waals surface area contributed by atoms with Crippen molar-refractivity contribution in [2.45, 2.75) is 0 Å². The largest absolute Gasteiger partial charge is 0.432 e. The Balaban J connectivity index is 2.20. The maximum Gasteiger partial charge on any atom is 0.302 e. The van der Waals surface area contributed by atoms with Crippen molar-refractivity contribution >= 4 is 12.4 Å². The second kappa shape index (κ2) is 2.13. The van der Waals surface area contributed by atoms with E-state index in [1.54, 1.807) is 18.8 Å². The smallest absolute Gasteiger partial charge is 0.302 e. The van der Waals surface area contributed by atoms with E-state index in [9.17, 15) is 0 Å². The molecule has 0 radical (unpaired) electrons. The van der Waals surface area contributed by atoms with Crippen LogP contribution in [0.5, 0.6) is 0 Å². The second-order valence-electron chi connectivity index (χ2n) is 2.03. The molecule has 0 saturated carbocycles. The van der Waals surface area contributed by atoms with Gasteiger partial charge < -0.3 is 4.42 Å². The van der Waals surface area contributed by atoms with Crippen LogP contribution in [0, 0.1) is 0 Å². The lowest BCUT2D eigenvalue weighted by Gasteiger charge is -2.05. The van der Waals surface area contributed by atoms with Crippen molar-refractivity contribution in [2.24, 2.45) is 4.99 Å². The summed E-state index contributed by atoms with van der Waals surface area (Å²) in [5, 5.41) is 0. The highest BCUT2D eigenvalue weighted by atomic mass is 16.4. The second-order valence-corrected chi connectivity index (χ2v) is 2.03. The van der Waals surface area contributed by atoms with E-state index in [4.69, 9.17) is 4.42 Å². The summed E-state index contributed by atoms with van der Waals surface area (Å²) in [6, 6.07) is 0.626. The monoisotopic (exact) mass is 137 g/mol. The minimum Gasteiger partial charge on any atom is -0.432 e. The molecule has 0 spiro atoms. The molecule has 0 saturated heterocycles. The zero-order valence-corrected chi connectivity index (χ0v) is 5.40. The Labute approximate surface area is 58.2 Å². The molecule has 1 aliphatic heterocycles. The maximum atomic E-state index is 5.04. The normalized spacial score (nSPS) is 16.6. The van der Waals surface area contributed by atoms with Gasteiger partial charge in [-0.25, -0.2) is 4.98 Å². The Morgan fingerprint density at radius 3 is 3.20 bits per heavy atom. The zero-order chi connectivity index (χ0) is 6.81. The van der Waals surface area contributed by atoms with Gasteiger partial charge in [0.15, 0.2) is 0 Å². The SMILES string of the molecule is C1=NCCN1c1ncco1. The van der Waals surface area contributed by atoms with Gasteiger partial charge in [0.25, 0.3) is 0 Å². The molecule has 0 aliphatic carbocycles. The third-order valence-electron chi connectivity index (χ3n) is 1.36. The van der Waals surface area contributed by atoms with E-state index in [2.05, 4.69) is 9.98 Å². The van der Waals surface area contributed by atoms with E-state index in [0.717, 1.165) is 13.1 Å². The van der Waals surface area contributed by atoms with Crippen LogP contribution in [0.25, 0.3) is 0 Å². The first-order valence-corrected chi connectivity index (χ1v) is 3.13. The van der Waals surface area contributed by atoms with E-state index in [1.165, 1.54) is 0 Å². The van der Waals surface area contributed by atoms with Crippen LogP contribution in [0.15, 0.2) is 21.9 Å². The molecule has 0 aromatic carbocycles. The van der Waals surface area contributed by atoms with Crippen LogP contribution in [0.1, 0.15) is 0 Å². The van der Waals surface area contributed by atoms with Gasteiger partial charge in [-0.15, -0.1) is 0 Å². The van der Waals surface area contributed by atoms with Gasteiger partial charge in [0, 0.05) is 6.54 Å². The van der Waals surface area contributed by atoms with Crippen molar-refractivity contribution in [3.8, 4) is 0 Å². The average Bonchev–Trinajstić information content (AvgIpc) is 2.59. The summed E-state index contributed by atoms with van der Waals surface area (Å²) in [6.45, 7) is 1.71. The highest BCUT2D eigenvalue weighted by Crippen LogP contribution is 2.09. The molecule has 0 amide bonds. The van der Waals surface area contributed by atoms with Gasteiger partial charge in [-0.05, 0) is 0 Å². The molecule has 0 bridgehead atoms. The number of nitrogens with zero attached hydrogens (tertiary/aromatic N) is 3. The number of rotatable bonds is 1. The molecular formula is C6H7N3O. The lowest BCUT2D eigenvalue weighted by Crippen LogP contribution is -2.18. The third kappa shape index (κ3) is 0.775. The van der Waals surface area contributed by atoms with Gasteiger partial charge in [0.1, 0.15) is 6.26 Å². The Bertz CT molecular complexity index is 229. The summed E-state index contributed by atoms with van der Waals surface area (Å²) in [5.41, 5.74) is 0. The molecule has 0 unspecified atom stereocenters. The fraction of sp³-hybridized carbons (Fsp3) is 0.333. The number of hydrogen-bond acceptors (Lipinski definition) is 4. The van der Waals surface area contributed by atoms with Gasteiger partial charge in [-0.3, -0.25) is 9.89 Å². The van der Waals surface area contributed by atoms with E-state index in [-0.39, 0.29) is 0 Å². The maximum absolute atomic E-state index is 5.04. The van der Waals surface area contributed by atoms with Crippen molar-refractivity contribution in [3.63, 3.8) is 0 Å². The fourth-order valence-corrected chi connectivity index (χ4v) is 0.882. The molecule has 52 valence electrons. The molecule has 2 heterocycles. The number of oxazole rings is 1. The molecule has 0 atom stereocenters. The Morgan fingerprint density at radius 2 is 2.60 bits per heavy atom. The van der Waals surface area contributed by atoms with Crippen molar-refractivity contribution in [2.75, 3.05) is 18.0 Å². The first kappa shape index (κ1) is 5.46. The van der Waals surface area contributed by atoms with Crippen LogP contribution in [0.2, 0.25) is 0 Å². The average molecular weight is 137 g/mol. The molecule has 4 nitrogen and oxygen atoms in total. The van der Waals surface area contributed by atoms with Crippen molar-refractivity contribution in [1.29, 1.82) is 0 Å². The lowest BCUT2D eigenvalue weighted by molar-refractivity contribution is 0.560. The number of anilines is 1. The van der Waals surface area contributed by atoms with Crippen LogP contribution in [-0.2, 0) is 0 Å². The molecule has 1 aromatic heterocycles. The summed E-state index contributed by atoms with van der Waals surface area (Å²) in [4.78, 5) is 9.86. The summed E-state index contributed by atoms with van der Waals surface area (Å²) < 4.78 is 5.04. The van der Waals surface area contributed by atoms with Gasteiger partial charge in [0.2, 0.25) is 0 Å². The molecular weight excluding hydrogens is 130 g/mol. The highest BCUT2D eigenvalue weighted by molar-refractivity contribution is 5.76. The predicted molar refractivity (Wildman–Crippen MR) is 37.2 cm³/mol. The summed E-state index contributed by atoms with van der Waals surface area (Å²) in [6.07, 6.45) is 4.93. The van der Waals surface area contributed by atoms with Gasteiger partial charge in [-0.1, -0.05) is 0 Å². The van der Waals surface area contributed by atoms with Gasteiger partial charge in [0.05, 0.1) is 19.1 Å². The van der Waals surface area contributed by atoms with Crippen molar-refractivity contribution in [1.82, 2.24) is 4.98 Å². The fourth-order valence-electron chi connectivity index (χ4n) is 0.882. The number of aromatic nitrogens is 1. The minimum absolute atomic E-state index is 0.626. The van der Waals surface area contributed by atoms with Crippen LogP contribution in [-0.4, -0.2) is 24.4 Å². The topological polar surface area (TPSA) is 41.6 Å². The molecule has 1 aromatic rings. The summed E-state index contributed by atoms with van der Waals surface area (Å²) in [7, 11) is 0. The van der Waals surface area contributed by atoms with Gasteiger partial charge in [-0.2, -0.15) is 0 Å². The third-order valence-corrected chi connectivity index (χ3v) is 1.36. The molecule has 0 fully saturated rings. The number of aliphatic imine (C=N–C) groups is 1. The van der Waals surface area contributed by atoms with E-state index < -0.39 is 0 Å². The van der Waals surface area contributed by atoms with E-state index in [0.29, 0.717) is 6.01 Å². The van der Waals surface area contributed by atoms with Gasteiger partial charge >= 0.3 is 6.01 Å². The first-order chi connectivity index (χ1) is 4.97.